The van der Waals surface area contributed by atoms with Crippen molar-refractivity contribution in [3.8, 4) is 0 Å². The number of nitrogen functional groups attached to an aromatic ring is 2. The first-order valence-corrected chi connectivity index (χ1v) is 8.15. The molecule has 1 aliphatic rings. The summed E-state index contributed by atoms with van der Waals surface area (Å²) >= 11 is 0. The van der Waals surface area contributed by atoms with Gasteiger partial charge >= 0.3 is 0 Å². The zero-order chi connectivity index (χ0) is 18.8. The molecule has 0 bridgehead atoms. The van der Waals surface area contributed by atoms with Gasteiger partial charge in [-0.25, -0.2) is 4.99 Å². The van der Waals surface area contributed by atoms with E-state index >= 15 is 0 Å². The highest BCUT2D eigenvalue weighted by Crippen LogP contribution is 2.23. The summed E-state index contributed by atoms with van der Waals surface area (Å²) in [4.78, 5) is 16.8. The lowest BCUT2D eigenvalue weighted by Crippen LogP contribution is -2.22. The predicted octanol–water partition coefficient (Wildman–Crippen LogP) is 2.96. The number of nitrogens with zero attached hydrogens (tertiary/aromatic N) is 1. The van der Waals surface area contributed by atoms with Crippen LogP contribution in [0.4, 0.5) is 22.7 Å². The molecule has 0 unspecified atom stereocenters. The molecule has 7 N–H and O–H groups in total. The van der Waals surface area contributed by atoms with Gasteiger partial charge in [0.1, 0.15) is 0 Å². The number of rotatable bonds is 3. The van der Waals surface area contributed by atoms with Crippen molar-refractivity contribution in [2.24, 2.45) is 10.7 Å². The van der Waals surface area contributed by atoms with Crippen molar-refractivity contribution in [2.75, 3.05) is 16.8 Å². The highest BCUT2D eigenvalue weighted by molar-refractivity contribution is 6.23. The summed E-state index contributed by atoms with van der Waals surface area (Å²) in [7, 11) is 0. The second-order valence-corrected chi connectivity index (χ2v) is 6.26. The number of nitrogens with one attached hydrogen (secondary N) is 1. The molecule has 132 valence electrons. The molecule has 0 aromatic heterocycles. The van der Waals surface area contributed by atoms with Gasteiger partial charge in [-0.05, 0) is 67.4 Å². The second-order valence-electron chi connectivity index (χ2n) is 6.26. The summed E-state index contributed by atoms with van der Waals surface area (Å²) in [6.45, 7) is 3.82. The van der Waals surface area contributed by atoms with E-state index in [2.05, 4.69) is 10.3 Å². The van der Waals surface area contributed by atoms with Gasteiger partial charge in [-0.15, -0.1) is 0 Å². The van der Waals surface area contributed by atoms with E-state index in [-0.39, 0.29) is 5.78 Å². The maximum atomic E-state index is 12.3. The standard InChI is InChI=1S/C20H21N5O/c1-11-7-13(3-5-15(11)21)24-18-10-19(20(26)9-17(18)23)25-14-4-6-16(22)12(2)8-14/h3-10,25H,21-23H2,1-2H3. The van der Waals surface area contributed by atoms with Gasteiger partial charge < -0.3 is 22.5 Å². The fraction of sp³-hybridized carbons (Fsp3) is 0.100. The van der Waals surface area contributed by atoms with Crippen LogP contribution in [0.25, 0.3) is 0 Å². The number of anilines is 3. The zero-order valence-corrected chi connectivity index (χ0v) is 14.7. The minimum Gasteiger partial charge on any atom is -0.399 e. The smallest absolute Gasteiger partial charge is 0.204 e. The van der Waals surface area contributed by atoms with Crippen LogP contribution in [0.3, 0.4) is 0 Å². The predicted molar refractivity (Wildman–Crippen MR) is 107 cm³/mol. The third kappa shape index (κ3) is 3.59. The lowest BCUT2D eigenvalue weighted by molar-refractivity contribution is -0.111. The number of carbonyl (C=O) groups is 1. The Morgan fingerprint density at radius 2 is 1.54 bits per heavy atom. The molecule has 0 saturated carbocycles. The Morgan fingerprint density at radius 1 is 0.885 bits per heavy atom. The van der Waals surface area contributed by atoms with Crippen LogP contribution in [0.5, 0.6) is 0 Å². The minimum atomic E-state index is -0.204. The largest absolute Gasteiger partial charge is 0.399 e. The fourth-order valence-electron chi connectivity index (χ4n) is 2.56. The van der Waals surface area contributed by atoms with Gasteiger partial charge in [-0.1, -0.05) is 0 Å². The first kappa shape index (κ1) is 17.3. The van der Waals surface area contributed by atoms with Gasteiger partial charge in [0.25, 0.3) is 0 Å². The number of carbonyl (C=O) groups excluding carboxylic acids is 1. The third-order valence-corrected chi connectivity index (χ3v) is 4.18. The molecule has 0 heterocycles. The maximum Gasteiger partial charge on any atom is 0.204 e. The lowest BCUT2D eigenvalue weighted by atomic mass is 10.0. The number of hydrogen-bond donors (Lipinski definition) is 4. The average molecular weight is 347 g/mol. The molecule has 6 nitrogen and oxygen atoms in total. The summed E-state index contributed by atoms with van der Waals surface area (Å²) in [5.74, 6) is -0.204. The molecule has 6 heteroatoms. The van der Waals surface area contributed by atoms with Crippen LogP contribution in [0, 0.1) is 13.8 Å². The molecule has 0 spiro atoms. The molecule has 0 aliphatic heterocycles. The first-order chi connectivity index (χ1) is 12.3. The van der Waals surface area contributed by atoms with Crippen LogP contribution in [-0.4, -0.2) is 11.5 Å². The molecule has 0 radical (unpaired) electrons. The Balaban J connectivity index is 1.93. The molecule has 26 heavy (non-hydrogen) atoms. The highest BCUT2D eigenvalue weighted by Gasteiger charge is 2.17. The van der Waals surface area contributed by atoms with E-state index in [1.807, 2.05) is 38.1 Å². The van der Waals surface area contributed by atoms with Crippen molar-refractivity contribution in [2.45, 2.75) is 13.8 Å². The van der Waals surface area contributed by atoms with Crippen molar-refractivity contribution in [1.29, 1.82) is 0 Å². The molecular weight excluding hydrogens is 326 g/mol. The van der Waals surface area contributed by atoms with Crippen molar-refractivity contribution >= 4 is 34.2 Å². The number of nitrogens with two attached hydrogens (primary N) is 3. The number of allylic oxidation sites excluding steroid dienone is 2. The lowest BCUT2D eigenvalue weighted by Gasteiger charge is -2.15. The number of aliphatic imine (C=N–C) groups is 1. The molecule has 2 aromatic carbocycles. The Hall–Kier alpha value is -3.54. The van der Waals surface area contributed by atoms with Crippen LogP contribution in [0.2, 0.25) is 0 Å². The number of hydrogen-bond acceptors (Lipinski definition) is 6. The van der Waals surface area contributed by atoms with E-state index < -0.39 is 0 Å². The molecule has 3 rings (SSSR count). The van der Waals surface area contributed by atoms with E-state index in [0.717, 1.165) is 22.5 Å². The van der Waals surface area contributed by atoms with Crippen LogP contribution in [0.1, 0.15) is 11.1 Å². The summed E-state index contributed by atoms with van der Waals surface area (Å²) in [5.41, 5.74) is 23.6. The number of ketones is 1. The SMILES string of the molecule is Cc1cc(N=C2C=C(Nc3ccc(N)c(C)c3)C(=O)C=C2N)ccc1N. The zero-order valence-electron chi connectivity index (χ0n) is 14.7. The van der Waals surface area contributed by atoms with Crippen LogP contribution < -0.4 is 22.5 Å². The molecule has 0 fully saturated rings. The Bertz CT molecular complexity index is 986. The molecule has 1 aliphatic carbocycles. The normalized spacial score (nSPS) is 15.6. The first-order valence-electron chi connectivity index (χ1n) is 8.15. The number of benzene rings is 2. The molecular formula is C20H21N5O. The van der Waals surface area contributed by atoms with Crippen LogP contribution in [0.15, 0.2) is 64.9 Å². The molecule has 0 atom stereocenters. The quantitative estimate of drug-likeness (QED) is 0.503. The maximum absolute atomic E-state index is 12.3. The molecule has 0 amide bonds. The van der Waals surface area contributed by atoms with Gasteiger partial charge in [0, 0.05) is 23.1 Å². The topological polar surface area (TPSA) is 120 Å². The molecule has 0 saturated heterocycles. The summed E-state index contributed by atoms with van der Waals surface area (Å²) in [6.07, 6.45) is 3.02. The van der Waals surface area contributed by atoms with Gasteiger partial charge in [0.15, 0.2) is 0 Å². The summed E-state index contributed by atoms with van der Waals surface area (Å²) in [6, 6.07) is 11.0. The van der Waals surface area contributed by atoms with Crippen molar-refractivity contribution < 1.29 is 4.79 Å². The highest BCUT2D eigenvalue weighted by atomic mass is 16.1. The Morgan fingerprint density at radius 3 is 2.19 bits per heavy atom. The van der Waals surface area contributed by atoms with Crippen molar-refractivity contribution in [3.05, 3.63) is 71.1 Å². The monoisotopic (exact) mass is 347 g/mol. The van der Waals surface area contributed by atoms with Crippen molar-refractivity contribution in [1.82, 2.24) is 0 Å². The average Bonchev–Trinajstić information content (AvgIpc) is 2.58. The van der Waals surface area contributed by atoms with E-state index in [4.69, 9.17) is 17.2 Å². The summed E-state index contributed by atoms with van der Waals surface area (Å²) in [5, 5.41) is 3.11. The molecule has 2 aromatic rings. The minimum absolute atomic E-state index is 0.204. The Kier molecular flexibility index (Phi) is 4.49. The van der Waals surface area contributed by atoms with Gasteiger partial charge in [-0.2, -0.15) is 0 Å². The van der Waals surface area contributed by atoms with Crippen molar-refractivity contribution in [3.63, 3.8) is 0 Å². The Labute approximate surface area is 152 Å². The van der Waals surface area contributed by atoms with E-state index in [1.165, 1.54) is 6.08 Å². The number of aryl methyl sites for hydroxylation is 2. The fourth-order valence-corrected chi connectivity index (χ4v) is 2.56. The van der Waals surface area contributed by atoms with Crippen LogP contribution >= 0.6 is 0 Å². The van der Waals surface area contributed by atoms with Crippen LogP contribution in [-0.2, 0) is 4.79 Å². The van der Waals surface area contributed by atoms with Gasteiger partial charge in [-0.3, -0.25) is 4.79 Å². The van der Waals surface area contributed by atoms with E-state index in [9.17, 15) is 4.79 Å². The van der Waals surface area contributed by atoms with Gasteiger partial charge in [0.2, 0.25) is 5.78 Å². The third-order valence-electron chi connectivity index (χ3n) is 4.18. The van der Waals surface area contributed by atoms with Gasteiger partial charge in [0.05, 0.1) is 22.8 Å². The van der Waals surface area contributed by atoms with E-state index in [1.54, 1.807) is 18.2 Å². The second kappa shape index (κ2) is 6.76. The van der Waals surface area contributed by atoms with E-state index in [0.29, 0.717) is 28.5 Å². The summed E-state index contributed by atoms with van der Waals surface area (Å²) < 4.78 is 0.